The second-order valence-corrected chi connectivity index (χ2v) is 7.32. The van der Waals surface area contributed by atoms with Gasteiger partial charge in [0.15, 0.2) is 0 Å². The molecule has 26 heavy (non-hydrogen) atoms. The summed E-state index contributed by atoms with van der Waals surface area (Å²) in [6.07, 6.45) is 5.72. The Morgan fingerprint density at radius 2 is 1.77 bits per heavy atom. The first-order valence-corrected chi connectivity index (χ1v) is 9.48. The first-order valence-electron chi connectivity index (χ1n) is 9.48. The van der Waals surface area contributed by atoms with E-state index in [4.69, 9.17) is 0 Å². The minimum atomic E-state index is -0.258. The molecule has 0 saturated heterocycles. The summed E-state index contributed by atoms with van der Waals surface area (Å²) in [5.41, 5.74) is 0.988. The fourth-order valence-electron chi connectivity index (χ4n) is 3.38. The molecule has 1 aliphatic rings. The van der Waals surface area contributed by atoms with E-state index in [1.807, 2.05) is 13.8 Å². The van der Waals surface area contributed by atoms with Crippen molar-refractivity contribution in [1.82, 2.24) is 15.5 Å². The number of benzene rings is 1. The van der Waals surface area contributed by atoms with Crippen LogP contribution in [0.1, 0.15) is 51.5 Å². The summed E-state index contributed by atoms with van der Waals surface area (Å²) in [6, 6.07) is 6.83. The Bertz CT molecular complexity index is 583. The highest BCUT2D eigenvalue weighted by Gasteiger charge is 2.23. The zero-order valence-corrected chi connectivity index (χ0v) is 15.8. The van der Waals surface area contributed by atoms with Crippen molar-refractivity contribution in [2.24, 2.45) is 0 Å². The van der Waals surface area contributed by atoms with E-state index in [9.17, 15) is 14.0 Å². The maximum Gasteiger partial charge on any atom is 0.239 e. The molecule has 0 aliphatic heterocycles. The van der Waals surface area contributed by atoms with Gasteiger partial charge in [-0.25, -0.2) is 4.39 Å². The van der Waals surface area contributed by atoms with E-state index in [1.165, 1.54) is 31.4 Å². The number of halogens is 1. The summed E-state index contributed by atoms with van der Waals surface area (Å²) in [5, 5.41) is 5.46. The third kappa shape index (κ3) is 7.12. The number of carbonyl (C=O) groups is 2. The van der Waals surface area contributed by atoms with Crippen LogP contribution in [-0.2, 0) is 16.1 Å². The van der Waals surface area contributed by atoms with Gasteiger partial charge in [0.25, 0.3) is 0 Å². The summed E-state index contributed by atoms with van der Waals surface area (Å²) in [4.78, 5) is 26.2. The van der Waals surface area contributed by atoms with Crippen molar-refractivity contribution in [2.45, 2.75) is 64.6 Å². The van der Waals surface area contributed by atoms with Crippen molar-refractivity contribution >= 4 is 11.8 Å². The van der Waals surface area contributed by atoms with Crippen molar-refractivity contribution in [3.63, 3.8) is 0 Å². The fourth-order valence-corrected chi connectivity index (χ4v) is 3.38. The largest absolute Gasteiger partial charge is 0.352 e. The Kier molecular flexibility index (Phi) is 8.04. The molecule has 6 heteroatoms. The second kappa shape index (κ2) is 10.3. The van der Waals surface area contributed by atoms with Gasteiger partial charge in [0, 0.05) is 18.6 Å². The van der Waals surface area contributed by atoms with E-state index in [0.29, 0.717) is 12.6 Å². The highest BCUT2D eigenvalue weighted by atomic mass is 19.1. The third-order valence-corrected chi connectivity index (χ3v) is 4.63. The van der Waals surface area contributed by atoms with E-state index < -0.39 is 0 Å². The predicted octanol–water partition coefficient (Wildman–Crippen LogP) is 2.60. The zero-order valence-electron chi connectivity index (χ0n) is 15.8. The van der Waals surface area contributed by atoms with Crippen molar-refractivity contribution in [1.29, 1.82) is 0 Å². The van der Waals surface area contributed by atoms with Crippen LogP contribution < -0.4 is 10.6 Å². The van der Waals surface area contributed by atoms with Crippen molar-refractivity contribution in [2.75, 3.05) is 13.1 Å². The molecule has 1 aromatic carbocycles. The van der Waals surface area contributed by atoms with E-state index in [2.05, 4.69) is 15.5 Å². The van der Waals surface area contributed by atoms with Crippen molar-refractivity contribution in [3.8, 4) is 0 Å². The fraction of sp³-hybridized carbons (Fsp3) is 0.600. The lowest BCUT2D eigenvalue weighted by molar-refractivity contribution is -0.127. The Balaban J connectivity index is 1.93. The van der Waals surface area contributed by atoms with E-state index >= 15 is 0 Å². The summed E-state index contributed by atoms with van der Waals surface area (Å²) >= 11 is 0. The molecule has 2 rings (SSSR count). The molecule has 1 fully saturated rings. The Labute approximate surface area is 155 Å². The summed E-state index contributed by atoms with van der Waals surface area (Å²) in [6.45, 7) is 4.61. The Morgan fingerprint density at radius 3 is 2.38 bits per heavy atom. The molecule has 0 atom stereocenters. The molecule has 2 N–H and O–H groups in total. The zero-order chi connectivity index (χ0) is 18.9. The molecule has 0 aromatic heterocycles. The number of rotatable bonds is 8. The van der Waals surface area contributed by atoms with E-state index in [-0.39, 0.29) is 36.8 Å². The quantitative estimate of drug-likeness (QED) is 0.746. The van der Waals surface area contributed by atoms with Gasteiger partial charge in [0.05, 0.1) is 13.1 Å². The number of nitrogens with zero attached hydrogens (tertiary/aromatic N) is 1. The van der Waals surface area contributed by atoms with Gasteiger partial charge >= 0.3 is 0 Å². The molecule has 0 radical (unpaired) electrons. The molecule has 0 heterocycles. The molecule has 1 saturated carbocycles. The van der Waals surface area contributed by atoms with Crippen LogP contribution in [0, 0.1) is 5.82 Å². The molecular formula is C20H30FN3O2. The first-order chi connectivity index (χ1) is 12.4. The van der Waals surface area contributed by atoms with Crippen molar-refractivity contribution < 1.29 is 14.0 Å². The average molecular weight is 363 g/mol. The molecule has 0 unspecified atom stereocenters. The lowest BCUT2D eigenvalue weighted by Crippen LogP contribution is -2.46. The maximum atomic E-state index is 13.1. The van der Waals surface area contributed by atoms with Gasteiger partial charge in [-0.2, -0.15) is 0 Å². The molecule has 2 amide bonds. The van der Waals surface area contributed by atoms with E-state index in [0.717, 1.165) is 18.4 Å². The maximum absolute atomic E-state index is 13.1. The minimum Gasteiger partial charge on any atom is -0.352 e. The number of hydrogen-bond acceptors (Lipinski definition) is 3. The van der Waals surface area contributed by atoms with Gasteiger partial charge in [-0.1, -0.05) is 31.4 Å². The molecule has 1 aromatic rings. The monoisotopic (exact) mass is 363 g/mol. The summed E-state index contributed by atoms with van der Waals surface area (Å²) in [5.74, 6) is -0.598. The summed E-state index contributed by atoms with van der Waals surface area (Å²) in [7, 11) is 0. The number of hydrogen-bond donors (Lipinski definition) is 2. The number of nitrogens with one attached hydrogen (secondary N) is 2. The van der Waals surface area contributed by atoms with Gasteiger partial charge in [-0.15, -0.1) is 0 Å². The van der Waals surface area contributed by atoms with Crippen LogP contribution in [0.5, 0.6) is 0 Å². The highest BCUT2D eigenvalue weighted by molar-refractivity contribution is 5.85. The third-order valence-electron chi connectivity index (χ3n) is 4.63. The predicted molar refractivity (Wildman–Crippen MR) is 100.0 cm³/mol. The van der Waals surface area contributed by atoms with Crippen LogP contribution in [0.15, 0.2) is 24.3 Å². The minimum absolute atomic E-state index is 0.00787. The normalized spacial score (nSPS) is 15.3. The molecule has 144 valence electrons. The molecule has 5 nitrogen and oxygen atoms in total. The van der Waals surface area contributed by atoms with Gasteiger partial charge < -0.3 is 10.6 Å². The lowest BCUT2D eigenvalue weighted by Gasteiger charge is -2.34. The van der Waals surface area contributed by atoms with Crippen LogP contribution in [0.4, 0.5) is 4.39 Å². The van der Waals surface area contributed by atoms with Gasteiger partial charge in [0.2, 0.25) is 11.8 Å². The summed E-state index contributed by atoms with van der Waals surface area (Å²) < 4.78 is 13.1. The van der Waals surface area contributed by atoms with Crippen LogP contribution in [0.2, 0.25) is 0 Å². The molecule has 0 bridgehead atoms. The average Bonchev–Trinajstić information content (AvgIpc) is 2.61. The number of carbonyl (C=O) groups excluding carboxylic acids is 2. The smallest absolute Gasteiger partial charge is 0.239 e. The van der Waals surface area contributed by atoms with Gasteiger partial charge in [-0.05, 0) is 44.4 Å². The molecule has 0 spiro atoms. The Hall–Kier alpha value is -1.95. The number of amides is 2. The van der Waals surface area contributed by atoms with Crippen molar-refractivity contribution in [3.05, 3.63) is 35.6 Å². The van der Waals surface area contributed by atoms with Crippen LogP contribution >= 0.6 is 0 Å². The topological polar surface area (TPSA) is 61.4 Å². The molecule has 1 aliphatic carbocycles. The highest BCUT2D eigenvalue weighted by Crippen LogP contribution is 2.24. The van der Waals surface area contributed by atoms with Gasteiger partial charge in [0.1, 0.15) is 5.82 Å². The Morgan fingerprint density at radius 1 is 1.12 bits per heavy atom. The van der Waals surface area contributed by atoms with E-state index in [1.54, 1.807) is 12.1 Å². The van der Waals surface area contributed by atoms with Crippen LogP contribution in [-0.4, -0.2) is 41.9 Å². The standard InChI is InChI=1S/C20H30FN3O2/c1-15(2)23-19(25)12-22-20(26)14-24(18-6-4-3-5-7-18)13-16-8-10-17(21)11-9-16/h8-11,15,18H,3-7,12-14H2,1-2H3,(H,22,26)(H,23,25). The lowest BCUT2D eigenvalue weighted by atomic mass is 9.93. The van der Waals surface area contributed by atoms with Crippen LogP contribution in [0.3, 0.4) is 0 Å². The van der Waals surface area contributed by atoms with Gasteiger partial charge in [-0.3, -0.25) is 14.5 Å². The van der Waals surface area contributed by atoms with Crippen LogP contribution in [0.25, 0.3) is 0 Å². The molecular weight excluding hydrogens is 333 g/mol. The first kappa shape index (κ1) is 20.4. The SMILES string of the molecule is CC(C)NC(=O)CNC(=O)CN(Cc1ccc(F)cc1)C1CCCCC1. The second-order valence-electron chi connectivity index (χ2n) is 7.32.